The fourth-order valence-electron chi connectivity index (χ4n) is 4.97. The summed E-state index contributed by atoms with van der Waals surface area (Å²) in [5.41, 5.74) is 4.20. The number of anilines is 2. The van der Waals surface area contributed by atoms with Gasteiger partial charge in [0.25, 0.3) is 0 Å². The molecule has 0 radical (unpaired) electrons. The van der Waals surface area contributed by atoms with Crippen LogP contribution in [0.4, 0.5) is 16.2 Å². The van der Waals surface area contributed by atoms with Gasteiger partial charge in [0, 0.05) is 29.5 Å². The van der Waals surface area contributed by atoms with Crippen molar-refractivity contribution in [3.63, 3.8) is 0 Å². The molecule has 0 bridgehead atoms. The molecular formula is C31H31ClN4O3. The molecule has 2 heterocycles. The number of fused-ring (bicyclic) bond motifs is 3. The van der Waals surface area contributed by atoms with Crippen LogP contribution in [0.25, 0.3) is 5.69 Å². The number of urea groups is 1. The summed E-state index contributed by atoms with van der Waals surface area (Å²) in [4.78, 5) is 31.0. The Morgan fingerprint density at radius 2 is 1.74 bits per heavy atom. The van der Waals surface area contributed by atoms with Gasteiger partial charge in [0.1, 0.15) is 18.3 Å². The maximum absolute atomic E-state index is 14.2. The number of benzene rings is 3. The molecule has 0 saturated carbocycles. The van der Waals surface area contributed by atoms with E-state index in [1.807, 2.05) is 83.9 Å². The minimum atomic E-state index is -0.380. The van der Waals surface area contributed by atoms with E-state index in [-0.39, 0.29) is 24.5 Å². The van der Waals surface area contributed by atoms with Gasteiger partial charge in [-0.25, -0.2) is 4.79 Å². The molecule has 8 heteroatoms. The second-order valence-electron chi connectivity index (χ2n) is 9.45. The van der Waals surface area contributed by atoms with Crippen LogP contribution in [-0.4, -0.2) is 41.6 Å². The number of halogens is 1. The number of aromatic nitrogens is 1. The topological polar surface area (TPSA) is 66.8 Å². The minimum absolute atomic E-state index is 0.0745. The number of methoxy groups -OCH3 is 1. The summed E-state index contributed by atoms with van der Waals surface area (Å²) in [6.45, 7) is 2.44. The van der Waals surface area contributed by atoms with E-state index in [0.717, 1.165) is 35.5 Å². The van der Waals surface area contributed by atoms with Gasteiger partial charge in [0.05, 0.1) is 24.2 Å². The van der Waals surface area contributed by atoms with Crippen LogP contribution in [0, 0.1) is 0 Å². The summed E-state index contributed by atoms with van der Waals surface area (Å²) in [7, 11) is 1.58. The lowest BCUT2D eigenvalue weighted by Crippen LogP contribution is -2.48. The number of carbonyl (C=O) groups is 2. The van der Waals surface area contributed by atoms with Crippen LogP contribution in [0.1, 0.15) is 37.1 Å². The molecule has 1 atom stereocenters. The lowest BCUT2D eigenvalue weighted by molar-refractivity contribution is -0.119. The molecule has 0 spiro atoms. The molecule has 4 aromatic rings. The van der Waals surface area contributed by atoms with Crippen LogP contribution in [0.5, 0.6) is 5.75 Å². The average molecular weight is 543 g/mol. The number of hydrogen-bond donors (Lipinski definition) is 1. The van der Waals surface area contributed by atoms with Crippen molar-refractivity contribution in [2.45, 2.75) is 25.8 Å². The normalized spacial score (nSPS) is 13.8. The number of unbranched alkanes of at least 4 members (excludes halogenated alkanes) is 1. The van der Waals surface area contributed by atoms with E-state index >= 15 is 0 Å². The van der Waals surface area contributed by atoms with Crippen molar-refractivity contribution >= 4 is 34.9 Å². The van der Waals surface area contributed by atoms with E-state index in [2.05, 4.69) is 16.8 Å². The first-order valence-corrected chi connectivity index (χ1v) is 13.4. The van der Waals surface area contributed by atoms with Crippen LogP contribution in [0.3, 0.4) is 0 Å². The maximum Gasteiger partial charge on any atom is 0.322 e. The number of nitrogens with one attached hydrogen (secondary N) is 1. The summed E-state index contributed by atoms with van der Waals surface area (Å²) < 4.78 is 7.40. The Morgan fingerprint density at radius 1 is 0.974 bits per heavy atom. The highest BCUT2D eigenvalue weighted by molar-refractivity contribution is 6.30. The Bertz CT molecular complexity index is 1470. The van der Waals surface area contributed by atoms with Crippen LogP contribution in [0.2, 0.25) is 5.02 Å². The molecular weight excluding hydrogens is 512 g/mol. The Balaban J connectivity index is 1.49. The highest BCUT2D eigenvalue weighted by Crippen LogP contribution is 2.42. The Hall–Kier alpha value is -4.23. The molecule has 1 aromatic heterocycles. The zero-order chi connectivity index (χ0) is 27.4. The molecule has 7 nitrogen and oxygen atoms in total. The van der Waals surface area contributed by atoms with Crippen molar-refractivity contribution < 1.29 is 14.3 Å². The largest absolute Gasteiger partial charge is 0.497 e. The highest BCUT2D eigenvalue weighted by atomic mass is 35.5. The monoisotopic (exact) mass is 542 g/mol. The maximum atomic E-state index is 14.2. The Morgan fingerprint density at radius 3 is 2.49 bits per heavy atom. The van der Waals surface area contributed by atoms with Gasteiger partial charge in [-0.3, -0.25) is 9.69 Å². The summed E-state index contributed by atoms with van der Waals surface area (Å²) >= 11 is 6.20. The van der Waals surface area contributed by atoms with Gasteiger partial charge < -0.3 is 19.5 Å². The zero-order valence-corrected chi connectivity index (χ0v) is 22.8. The fourth-order valence-corrected chi connectivity index (χ4v) is 5.09. The third kappa shape index (κ3) is 5.49. The number of ether oxygens (including phenoxy) is 1. The first kappa shape index (κ1) is 26.4. The van der Waals surface area contributed by atoms with E-state index in [0.29, 0.717) is 23.0 Å². The van der Waals surface area contributed by atoms with Gasteiger partial charge in [0.15, 0.2) is 0 Å². The molecule has 39 heavy (non-hydrogen) atoms. The van der Waals surface area contributed by atoms with E-state index in [9.17, 15) is 9.59 Å². The van der Waals surface area contributed by atoms with Gasteiger partial charge in [-0.05, 0) is 60.5 Å². The standard InChI is InChI=1S/C31H31ClN4O3/c1-3-4-18-34(31(38)33-24-9-7-10-25(20-24)39-2)21-29(37)36-27-12-6-5-11-26(27)35-19-8-13-28(35)30(36)22-14-16-23(32)17-15-22/h5-17,19-20,30H,3-4,18,21H2,1-2H3,(H,33,38)/t30-/m0/s1. The molecule has 0 fully saturated rings. The van der Waals surface area contributed by atoms with Gasteiger partial charge in [-0.15, -0.1) is 0 Å². The van der Waals surface area contributed by atoms with Gasteiger partial charge in [0.2, 0.25) is 5.91 Å². The third-order valence-electron chi connectivity index (χ3n) is 6.89. The molecule has 1 aliphatic heterocycles. The lowest BCUT2D eigenvalue weighted by Gasteiger charge is -2.39. The van der Waals surface area contributed by atoms with Crippen LogP contribution < -0.4 is 15.0 Å². The highest BCUT2D eigenvalue weighted by Gasteiger charge is 2.37. The molecule has 3 aromatic carbocycles. The first-order chi connectivity index (χ1) is 19.0. The number of nitrogens with zero attached hydrogens (tertiary/aromatic N) is 3. The van der Waals surface area contributed by atoms with Crippen molar-refractivity contribution in [1.82, 2.24) is 9.47 Å². The van der Waals surface area contributed by atoms with Gasteiger partial charge in [-0.1, -0.05) is 55.3 Å². The van der Waals surface area contributed by atoms with Crippen molar-refractivity contribution in [2.24, 2.45) is 0 Å². The van der Waals surface area contributed by atoms with E-state index in [4.69, 9.17) is 16.3 Å². The predicted molar refractivity (Wildman–Crippen MR) is 155 cm³/mol. The molecule has 0 unspecified atom stereocenters. The van der Waals surface area contributed by atoms with Crippen molar-refractivity contribution in [3.8, 4) is 11.4 Å². The van der Waals surface area contributed by atoms with Crippen molar-refractivity contribution in [3.05, 3.63) is 107 Å². The number of carbonyl (C=O) groups excluding carboxylic acids is 2. The number of para-hydroxylation sites is 2. The Labute approximate surface area is 233 Å². The Kier molecular flexibility index (Phi) is 7.89. The van der Waals surface area contributed by atoms with E-state index in [1.54, 1.807) is 24.1 Å². The van der Waals surface area contributed by atoms with Crippen molar-refractivity contribution in [2.75, 3.05) is 30.4 Å². The SMILES string of the molecule is CCCCN(CC(=O)N1c2ccccc2-n2cccc2[C@@H]1c1ccc(Cl)cc1)C(=O)Nc1cccc(OC)c1. The quantitative estimate of drug-likeness (QED) is 0.263. The smallest absolute Gasteiger partial charge is 0.322 e. The summed E-state index contributed by atoms with van der Waals surface area (Å²) in [5, 5.41) is 3.56. The zero-order valence-electron chi connectivity index (χ0n) is 22.0. The van der Waals surface area contributed by atoms with Crippen molar-refractivity contribution in [1.29, 1.82) is 0 Å². The molecule has 5 rings (SSSR count). The van der Waals surface area contributed by atoms with Crippen LogP contribution >= 0.6 is 11.6 Å². The summed E-state index contributed by atoms with van der Waals surface area (Å²) in [6.07, 6.45) is 3.68. The van der Waals surface area contributed by atoms with Crippen LogP contribution in [0.15, 0.2) is 91.1 Å². The minimum Gasteiger partial charge on any atom is -0.497 e. The fraction of sp³-hybridized carbons (Fsp3) is 0.226. The van der Waals surface area contributed by atoms with E-state index < -0.39 is 0 Å². The molecule has 0 saturated heterocycles. The predicted octanol–water partition coefficient (Wildman–Crippen LogP) is 6.91. The molecule has 0 aliphatic carbocycles. The second kappa shape index (κ2) is 11.7. The number of hydrogen-bond acceptors (Lipinski definition) is 3. The third-order valence-corrected chi connectivity index (χ3v) is 7.14. The van der Waals surface area contributed by atoms with Gasteiger partial charge >= 0.3 is 6.03 Å². The average Bonchev–Trinajstić information content (AvgIpc) is 3.45. The summed E-state index contributed by atoms with van der Waals surface area (Å²) in [5.74, 6) is 0.467. The van der Waals surface area contributed by atoms with E-state index in [1.165, 1.54) is 0 Å². The summed E-state index contributed by atoms with van der Waals surface area (Å²) in [6, 6.07) is 25.9. The lowest BCUT2D eigenvalue weighted by atomic mass is 9.97. The molecule has 1 aliphatic rings. The van der Waals surface area contributed by atoms with Crippen LogP contribution in [-0.2, 0) is 4.79 Å². The number of amides is 3. The first-order valence-electron chi connectivity index (χ1n) is 13.0. The van der Waals surface area contributed by atoms with Gasteiger partial charge in [-0.2, -0.15) is 0 Å². The second-order valence-corrected chi connectivity index (χ2v) is 9.88. The molecule has 200 valence electrons. The number of rotatable bonds is 8. The molecule has 3 amide bonds. The molecule has 1 N–H and O–H groups in total.